The Morgan fingerprint density at radius 2 is 2.36 bits per heavy atom. The van der Waals surface area contributed by atoms with Gasteiger partial charge < -0.3 is 4.74 Å². The van der Waals surface area contributed by atoms with E-state index in [2.05, 4.69) is 10.1 Å². The van der Waals surface area contributed by atoms with Crippen molar-refractivity contribution in [3.05, 3.63) is 12.2 Å². The zero-order valence-electron chi connectivity index (χ0n) is 7.11. The van der Waals surface area contributed by atoms with Crippen LogP contribution in [0.2, 0.25) is 0 Å². The third-order valence-electron chi connectivity index (χ3n) is 1.19. The van der Waals surface area contributed by atoms with Gasteiger partial charge in [0.05, 0.1) is 6.10 Å². The molecule has 0 bridgehead atoms. The molecular weight excluding hydrogens is 142 g/mol. The molecule has 0 amide bonds. The average molecular weight is 155 g/mol. The molecule has 0 unspecified atom stereocenters. The van der Waals surface area contributed by atoms with Crippen molar-refractivity contribution in [3.8, 4) is 0 Å². The molecule has 1 aromatic rings. The highest BCUT2D eigenvalue weighted by atomic mass is 16.5. The highest BCUT2D eigenvalue weighted by molar-refractivity contribution is 4.77. The number of hydrogen-bond donors (Lipinski definition) is 0. The van der Waals surface area contributed by atoms with Gasteiger partial charge in [0.1, 0.15) is 12.9 Å². The molecule has 1 rings (SSSR count). The normalized spacial score (nSPS) is 10.9. The largest absolute Gasteiger partial charge is 0.371 e. The van der Waals surface area contributed by atoms with Crippen molar-refractivity contribution >= 4 is 0 Å². The smallest absolute Gasteiger partial charge is 0.176 e. The van der Waals surface area contributed by atoms with Crippen molar-refractivity contribution < 1.29 is 4.74 Å². The highest BCUT2D eigenvalue weighted by Crippen LogP contribution is 1.95. The van der Waals surface area contributed by atoms with E-state index >= 15 is 0 Å². The van der Waals surface area contributed by atoms with Gasteiger partial charge in [-0.2, -0.15) is 5.10 Å². The molecule has 1 aromatic heterocycles. The number of ether oxygens (including phenoxy) is 1. The Morgan fingerprint density at radius 1 is 1.64 bits per heavy atom. The Labute approximate surface area is 66.2 Å². The van der Waals surface area contributed by atoms with Crippen LogP contribution >= 0.6 is 0 Å². The molecule has 0 atom stereocenters. The standard InChI is InChI=1S/C7H13N3O/c1-6(2)11-4-7-8-5-10(3)9-7/h5-6H,4H2,1-3H3. The Bertz CT molecular complexity index is 219. The van der Waals surface area contributed by atoms with Crippen molar-refractivity contribution in [2.75, 3.05) is 0 Å². The van der Waals surface area contributed by atoms with E-state index in [1.54, 1.807) is 11.0 Å². The fourth-order valence-corrected chi connectivity index (χ4v) is 0.691. The number of rotatable bonds is 3. The molecule has 4 nitrogen and oxygen atoms in total. The molecule has 0 fully saturated rings. The lowest BCUT2D eigenvalue weighted by Crippen LogP contribution is -2.03. The molecule has 0 N–H and O–H groups in total. The second kappa shape index (κ2) is 3.48. The van der Waals surface area contributed by atoms with Crippen LogP contribution in [0.15, 0.2) is 6.33 Å². The van der Waals surface area contributed by atoms with Gasteiger partial charge >= 0.3 is 0 Å². The molecule has 4 heteroatoms. The van der Waals surface area contributed by atoms with Gasteiger partial charge in [0.15, 0.2) is 5.82 Å². The summed E-state index contributed by atoms with van der Waals surface area (Å²) in [4.78, 5) is 4.01. The van der Waals surface area contributed by atoms with Crippen LogP contribution < -0.4 is 0 Å². The third kappa shape index (κ3) is 2.67. The topological polar surface area (TPSA) is 39.9 Å². The first kappa shape index (κ1) is 8.20. The van der Waals surface area contributed by atoms with Crippen molar-refractivity contribution in [1.82, 2.24) is 14.8 Å². The number of aryl methyl sites for hydroxylation is 1. The molecular formula is C7H13N3O. The quantitative estimate of drug-likeness (QED) is 0.646. The van der Waals surface area contributed by atoms with Crippen molar-refractivity contribution in [1.29, 1.82) is 0 Å². The maximum absolute atomic E-state index is 5.30. The average Bonchev–Trinajstić information content (AvgIpc) is 2.31. The molecule has 0 saturated heterocycles. The van der Waals surface area contributed by atoms with Crippen LogP contribution in [0.1, 0.15) is 19.7 Å². The van der Waals surface area contributed by atoms with Crippen LogP contribution in [0.25, 0.3) is 0 Å². The summed E-state index contributed by atoms with van der Waals surface area (Å²) in [7, 11) is 1.84. The Balaban J connectivity index is 2.39. The zero-order chi connectivity index (χ0) is 8.27. The monoisotopic (exact) mass is 155 g/mol. The van der Waals surface area contributed by atoms with E-state index < -0.39 is 0 Å². The fraction of sp³-hybridized carbons (Fsp3) is 0.714. The van der Waals surface area contributed by atoms with Gasteiger partial charge in [-0.25, -0.2) is 4.98 Å². The molecule has 0 saturated carbocycles. The first-order chi connectivity index (χ1) is 5.18. The molecule has 11 heavy (non-hydrogen) atoms. The predicted octanol–water partition coefficient (Wildman–Crippen LogP) is 0.740. The van der Waals surface area contributed by atoms with Crippen molar-refractivity contribution in [2.24, 2.45) is 7.05 Å². The number of aromatic nitrogens is 3. The van der Waals surface area contributed by atoms with E-state index in [1.807, 2.05) is 20.9 Å². The first-order valence-electron chi connectivity index (χ1n) is 3.64. The van der Waals surface area contributed by atoms with E-state index in [-0.39, 0.29) is 6.10 Å². The minimum Gasteiger partial charge on any atom is -0.371 e. The number of hydrogen-bond acceptors (Lipinski definition) is 3. The van der Waals surface area contributed by atoms with Crippen molar-refractivity contribution in [3.63, 3.8) is 0 Å². The second-order valence-corrected chi connectivity index (χ2v) is 2.69. The summed E-state index contributed by atoms with van der Waals surface area (Å²) in [6.45, 7) is 4.48. The first-order valence-corrected chi connectivity index (χ1v) is 3.64. The van der Waals surface area contributed by atoms with Crippen LogP contribution in [0, 0.1) is 0 Å². The van der Waals surface area contributed by atoms with Gasteiger partial charge in [0.2, 0.25) is 0 Å². The van der Waals surface area contributed by atoms with Gasteiger partial charge in [-0.05, 0) is 13.8 Å². The summed E-state index contributed by atoms with van der Waals surface area (Å²) in [5.41, 5.74) is 0. The maximum atomic E-state index is 5.30. The summed E-state index contributed by atoms with van der Waals surface area (Å²) in [6, 6.07) is 0. The summed E-state index contributed by atoms with van der Waals surface area (Å²) < 4.78 is 6.97. The molecule has 0 aliphatic rings. The second-order valence-electron chi connectivity index (χ2n) is 2.69. The molecule has 62 valence electrons. The zero-order valence-corrected chi connectivity index (χ0v) is 7.11. The molecule has 0 aromatic carbocycles. The van der Waals surface area contributed by atoms with E-state index in [1.165, 1.54) is 0 Å². The van der Waals surface area contributed by atoms with E-state index in [0.717, 1.165) is 5.82 Å². The Kier molecular flexibility index (Phi) is 2.59. The van der Waals surface area contributed by atoms with Crippen LogP contribution in [-0.4, -0.2) is 20.9 Å². The highest BCUT2D eigenvalue weighted by Gasteiger charge is 1.99. The van der Waals surface area contributed by atoms with E-state index in [4.69, 9.17) is 4.74 Å². The minimum absolute atomic E-state index is 0.235. The lowest BCUT2D eigenvalue weighted by molar-refractivity contribution is 0.0612. The third-order valence-corrected chi connectivity index (χ3v) is 1.19. The molecule has 0 radical (unpaired) electrons. The maximum Gasteiger partial charge on any atom is 0.176 e. The van der Waals surface area contributed by atoms with Gasteiger partial charge in [-0.15, -0.1) is 0 Å². The van der Waals surface area contributed by atoms with E-state index in [9.17, 15) is 0 Å². The van der Waals surface area contributed by atoms with Gasteiger partial charge in [0, 0.05) is 7.05 Å². The van der Waals surface area contributed by atoms with Gasteiger partial charge in [0.25, 0.3) is 0 Å². The van der Waals surface area contributed by atoms with Crippen LogP contribution in [-0.2, 0) is 18.4 Å². The molecule has 0 aliphatic carbocycles. The van der Waals surface area contributed by atoms with Crippen molar-refractivity contribution in [2.45, 2.75) is 26.6 Å². The Hall–Kier alpha value is -0.900. The van der Waals surface area contributed by atoms with Crippen LogP contribution in [0.5, 0.6) is 0 Å². The Morgan fingerprint density at radius 3 is 2.82 bits per heavy atom. The summed E-state index contributed by atoms with van der Waals surface area (Å²) in [6.07, 6.45) is 1.90. The summed E-state index contributed by atoms with van der Waals surface area (Å²) in [5, 5.41) is 4.06. The molecule has 0 spiro atoms. The minimum atomic E-state index is 0.235. The van der Waals surface area contributed by atoms with Crippen LogP contribution in [0.3, 0.4) is 0 Å². The number of nitrogens with zero attached hydrogens (tertiary/aromatic N) is 3. The lowest BCUT2D eigenvalue weighted by atomic mass is 10.5. The van der Waals surface area contributed by atoms with Gasteiger partial charge in [-0.3, -0.25) is 4.68 Å². The van der Waals surface area contributed by atoms with Crippen LogP contribution in [0.4, 0.5) is 0 Å². The summed E-state index contributed by atoms with van der Waals surface area (Å²) >= 11 is 0. The molecule has 0 aliphatic heterocycles. The SMILES string of the molecule is CC(C)OCc1ncn(C)n1. The summed E-state index contributed by atoms with van der Waals surface area (Å²) in [5.74, 6) is 0.737. The predicted molar refractivity (Wildman–Crippen MR) is 40.9 cm³/mol. The van der Waals surface area contributed by atoms with Gasteiger partial charge in [-0.1, -0.05) is 0 Å². The fourth-order valence-electron chi connectivity index (χ4n) is 0.691. The van der Waals surface area contributed by atoms with E-state index in [0.29, 0.717) is 6.61 Å². The lowest BCUT2D eigenvalue weighted by Gasteiger charge is -2.02. The molecule has 1 heterocycles.